The summed E-state index contributed by atoms with van der Waals surface area (Å²) in [6.45, 7) is 11.9. The van der Waals surface area contributed by atoms with Gasteiger partial charge in [-0.1, -0.05) is 56.3 Å². The first-order valence-corrected chi connectivity index (χ1v) is 20.5. The zero-order valence-electron chi connectivity index (χ0n) is 34.5. The molecule has 6 aromatic rings. The predicted octanol–water partition coefficient (Wildman–Crippen LogP) is 6.04. The molecular weight excluding hydrogens is 778 g/mol. The molecule has 0 saturated carbocycles. The molecule has 1 atom stereocenters. The van der Waals surface area contributed by atoms with Gasteiger partial charge in [-0.2, -0.15) is 10.1 Å². The van der Waals surface area contributed by atoms with Gasteiger partial charge in [-0.15, -0.1) is 0 Å². The lowest BCUT2D eigenvalue weighted by molar-refractivity contribution is -0.136. The van der Waals surface area contributed by atoms with Gasteiger partial charge in [-0.25, -0.2) is 4.39 Å². The zero-order valence-corrected chi connectivity index (χ0v) is 34.5. The number of aromatic nitrogens is 4. The van der Waals surface area contributed by atoms with E-state index in [1.54, 1.807) is 6.07 Å². The standard InChI is InChI=1S/C46H46FN9O5/c1-26-19-29(5-6-30(26)23-48-42(59)43-50-45(53-61-43)46(2,3)4)40-35-21-28(9-12-37(35)51-52-40)27-7-10-33(11-8-27)55-17-15-54(16-18-55)24-32-20-31-25-56(44(60)34(31)22-36(32)47)38-13-14-39(57)49-41(38)58/h5-12,19-22,38H,13-18,23-25H2,1-4H3,(H,48,59)(H,51,52)(H,49,57,58). The van der Waals surface area contributed by atoms with E-state index in [4.69, 9.17) is 4.52 Å². The number of imide groups is 1. The number of carbonyl (C=O) groups excluding carboxylic acids is 4. The van der Waals surface area contributed by atoms with E-state index in [1.807, 2.05) is 45.9 Å². The predicted molar refractivity (Wildman–Crippen MR) is 226 cm³/mol. The Bertz CT molecular complexity index is 2710. The molecule has 0 aliphatic carbocycles. The van der Waals surface area contributed by atoms with Crippen LogP contribution in [-0.2, 0) is 34.6 Å². The number of fused-ring (bicyclic) bond motifs is 2. The van der Waals surface area contributed by atoms with Crippen molar-refractivity contribution < 1.29 is 28.1 Å². The summed E-state index contributed by atoms with van der Waals surface area (Å²) in [5.74, 6) is -1.63. The minimum Gasteiger partial charge on any atom is -0.369 e. The van der Waals surface area contributed by atoms with E-state index in [-0.39, 0.29) is 48.1 Å². The number of rotatable bonds is 9. The number of piperidine rings is 1. The van der Waals surface area contributed by atoms with Crippen molar-refractivity contribution in [3.63, 3.8) is 0 Å². The molecule has 0 radical (unpaired) electrons. The highest BCUT2D eigenvalue weighted by molar-refractivity contribution is 6.05. The summed E-state index contributed by atoms with van der Waals surface area (Å²) in [5, 5.41) is 18.0. The summed E-state index contributed by atoms with van der Waals surface area (Å²) >= 11 is 0. The van der Waals surface area contributed by atoms with Crippen LogP contribution in [0.1, 0.15) is 82.7 Å². The zero-order chi connectivity index (χ0) is 42.6. The van der Waals surface area contributed by atoms with Gasteiger partial charge in [0.05, 0.1) is 11.2 Å². The number of nitrogens with one attached hydrogen (secondary N) is 3. The maximum absolute atomic E-state index is 15.4. The molecule has 0 spiro atoms. The Balaban J connectivity index is 0.815. The molecule has 3 aliphatic rings. The molecule has 14 nitrogen and oxygen atoms in total. The van der Waals surface area contributed by atoms with Crippen molar-refractivity contribution in [2.75, 3.05) is 31.1 Å². The molecule has 5 heterocycles. The lowest BCUT2D eigenvalue weighted by atomic mass is 9.96. The third-order valence-electron chi connectivity index (χ3n) is 11.9. The molecule has 0 bridgehead atoms. The van der Waals surface area contributed by atoms with Gasteiger partial charge in [0.15, 0.2) is 5.82 Å². The van der Waals surface area contributed by atoms with Gasteiger partial charge < -0.3 is 19.6 Å². The van der Waals surface area contributed by atoms with E-state index >= 15 is 4.39 Å². The van der Waals surface area contributed by atoms with E-state index in [1.165, 1.54) is 11.0 Å². The Morgan fingerprint density at radius 1 is 0.918 bits per heavy atom. The number of amides is 4. The number of aromatic amines is 1. The average Bonchev–Trinajstić information content (AvgIpc) is 3.99. The Morgan fingerprint density at radius 2 is 1.67 bits per heavy atom. The monoisotopic (exact) mass is 823 g/mol. The number of piperazine rings is 1. The lowest BCUT2D eigenvalue weighted by Crippen LogP contribution is -2.52. The van der Waals surface area contributed by atoms with Crippen LogP contribution in [0.3, 0.4) is 0 Å². The molecule has 2 aromatic heterocycles. The van der Waals surface area contributed by atoms with Crippen molar-refractivity contribution in [2.24, 2.45) is 0 Å². The van der Waals surface area contributed by atoms with Crippen LogP contribution in [0, 0.1) is 12.7 Å². The fourth-order valence-corrected chi connectivity index (χ4v) is 8.36. The van der Waals surface area contributed by atoms with Crippen LogP contribution in [0.5, 0.6) is 0 Å². The molecule has 4 aromatic carbocycles. The van der Waals surface area contributed by atoms with E-state index < -0.39 is 23.7 Å². The summed E-state index contributed by atoms with van der Waals surface area (Å²) in [5.41, 5.74) is 9.15. The van der Waals surface area contributed by atoms with Gasteiger partial charge in [-0.05, 0) is 83.6 Å². The Labute approximate surface area is 351 Å². The fourth-order valence-electron chi connectivity index (χ4n) is 8.36. The van der Waals surface area contributed by atoms with Crippen LogP contribution in [0.2, 0.25) is 0 Å². The molecule has 3 N–H and O–H groups in total. The maximum Gasteiger partial charge on any atom is 0.315 e. The van der Waals surface area contributed by atoms with Crippen molar-refractivity contribution in [1.29, 1.82) is 0 Å². The first-order valence-electron chi connectivity index (χ1n) is 20.5. The second kappa shape index (κ2) is 15.7. The van der Waals surface area contributed by atoms with Crippen molar-refractivity contribution in [3.05, 3.63) is 118 Å². The van der Waals surface area contributed by atoms with Crippen LogP contribution in [0.4, 0.5) is 10.1 Å². The number of aryl methyl sites for hydroxylation is 1. The molecular formula is C46H46FN9O5. The summed E-state index contributed by atoms with van der Waals surface area (Å²) in [7, 11) is 0. The Morgan fingerprint density at radius 3 is 2.39 bits per heavy atom. The van der Waals surface area contributed by atoms with E-state index in [0.717, 1.165) is 76.3 Å². The molecule has 3 aliphatic heterocycles. The van der Waals surface area contributed by atoms with Gasteiger partial charge in [0, 0.05) is 85.4 Å². The first-order chi connectivity index (χ1) is 29.3. The third kappa shape index (κ3) is 7.88. The minimum atomic E-state index is -0.734. The normalized spacial score (nSPS) is 17.3. The number of carbonyl (C=O) groups is 4. The van der Waals surface area contributed by atoms with Crippen LogP contribution in [0.25, 0.3) is 33.3 Å². The van der Waals surface area contributed by atoms with Crippen molar-refractivity contribution >= 4 is 40.2 Å². The van der Waals surface area contributed by atoms with Gasteiger partial charge in [0.1, 0.15) is 11.9 Å². The molecule has 2 fully saturated rings. The van der Waals surface area contributed by atoms with Crippen LogP contribution < -0.4 is 15.5 Å². The van der Waals surface area contributed by atoms with Crippen LogP contribution in [0.15, 0.2) is 77.3 Å². The van der Waals surface area contributed by atoms with Gasteiger partial charge >= 0.3 is 11.8 Å². The van der Waals surface area contributed by atoms with Crippen molar-refractivity contribution in [3.8, 4) is 22.4 Å². The van der Waals surface area contributed by atoms with Gasteiger partial charge in [0.25, 0.3) is 5.91 Å². The molecule has 61 heavy (non-hydrogen) atoms. The summed E-state index contributed by atoms with van der Waals surface area (Å²) in [6.07, 6.45) is 0.436. The first kappa shape index (κ1) is 39.7. The number of hydrogen-bond donors (Lipinski definition) is 3. The van der Waals surface area contributed by atoms with E-state index in [9.17, 15) is 19.2 Å². The quantitative estimate of drug-likeness (QED) is 0.146. The second-order valence-corrected chi connectivity index (χ2v) is 17.1. The lowest BCUT2D eigenvalue weighted by Gasteiger charge is -2.36. The van der Waals surface area contributed by atoms with E-state index in [0.29, 0.717) is 30.0 Å². The minimum absolute atomic E-state index is 0.0566. The number of halogens is 1. The molecule has 2 saturated heterocycles. The van der Waals surface area contributed by atoms with Gasteiger partial charge in [0.2, 0.25) is 11.8 Å². The Hall–Kier alpha value is -6.74. The molecule has 15 heteroatoms. The molecule has 9 rings (SSSR count). The van der Waals surface area contributed by atoms with Crippen molar-refractivity contribution in [1.82, 2.24) is 40.8 Å². The largest absolute Gasteiger partial charge is 0.369 e. The summed E-state index contributed by atoms with van der Waals surface area (Å²) < 4.78 is 20.6. The third-order valence-corrected chi connectivity index (χ3v) is 11.9. The second-order valence-electron chi connectivity index (χ2n) is 17.1. The summed E-state index contributed by atoms with van der Waals surface area (Å²) in [6, 6.07) is 23.2. The molecule has 4 amide bonds. The number of anilines is 1. The van der Waals surface area contributed by atoms with Crippen LogP contribution in [-0.4, -0.2) is 86.0 Å². The number of hydrogen-bond acceptors (Lipinski definition) is 10. The maximum atomic E-state index is 15.4. The number of H-pyrrole nitrogens is 1. The highest BCUT2D eigenvalue weighted by Gasteiger charge is 2.39. The Kier molecular flexibility index (Phi) is 10.2. The average molecular weight is 824 g/mol. The highest BCUT2D eigenvalue weighted by atomic mass is 19.1. The number of nitrogens with zero attached hydrogens (tertiary/aromatic N) is 6. The molecule has 312 valence electrons. The van der Waals surface area contributed by atoms with Crippen LogP contribution >= 0.6 is 0 Å². The van der Waals surface area contributed by atoms with Gasteiger partial charge in [-0.3, -0.25) is 34.5 Å². The highest BCUT2D eigenvalue weighted by Crippen LogP contribution is 2.34. The molecule has 1 unspecified atom stereocenters. The smallest absolute Gasteiger partial charge is 0.315 e. The van der Waals surface area contributed by atoms with Crippen molar-refractivity contribution in [2.45, 2.75) is 71.6 Å². The topological polar surface area (TPSA) is 170 Å². The summed E-state index contributed by atoms with van der Waals surface area (Å²) in [4.78, 5) is 60.2. The fraction of sp³-hybridized carbons (Fsp3) is 0.326. The van der Waals surface area contributed by atoms with E-state index in [2.05, 4.69) is 83.2 Å². The number of benzene rings is 4. The SMILES string of the molecule is Cc1cc(-c2n[nH]c3ccc(-c4ccc(N5CCN(Cc6cc7c(cc6F)C(=O)N(C6CCC(=O)NC6=O)C7)CC5)cc4)cc23)ccc1CNC(=O)c1nc(C(C)(C)C)no1.